The predicted molar refractivity (Wildman–Crippen MR) is 70.6 cm³/mol. The van der Waals surface area contributed by atoms with Gasteiger partial charge in [-0.3, -0.25) is 9.78 Å². The molecule has 0 spiro atoms. The molecular formula is C13H14N4O2. The second kappa shape index (κ2) is 5.81. The average Bonchev–Trinajstić information content (AvgIpc) is 2.45. The lowest BCUT2D eigenvalue weighted by Gasteiger charge is -2.06. The Morgan fingerprint density at radius 1 is 1.32 bits per heavy atom. The summed E-state index contributed by atoms with van der Waals surface area (Å²) in [5.74, 6) is 0.685. The van der Waals surface area contributed by atoms with Crippen molar-refractivity contribution in [3.05, 3.63) is 47.9 Å². The van der Waals surface area contributed by atoms with Crippen LogP contribution in [0.5, 0.6) is 5.75 Å². The van der Waals surface area contributed by atoms with Gasteiger partial charge in [0.1, 0.15) is 17.3 Å². The van der Waals surface area contributed by atoms with Gasteiger partial charge in [-0.15, -0.1) is 0 Å². The maximum absolute atomic E-state index is 11.8. The summed E-state index contributed by atoms with van der Waals surface area (Å²) in [5.41, 5.74) is 6.63. The number of benzene rings is 1. The summed E-state index contributed by atoms with van der Waals surface area (Å²) in [6.07, 6.45) is 2.76. The Labute approximate surface area is 110 Å². The van der Waals surface area contributed by atoms with E-state index in [-0.39, 0.29) is 17.4 Å². The summed E-state index contributed by atoms with van der Waals surface area (Å²) in [6.45, 7) is 0.402. The van der Waals surface area contributed by atoms with E-state index in [9.17, 15) is 4.79 Å². The van der Waals surface area contributed by atoms with Crippen molar-refractivity contribution in [1.82, 2.24) is 15.3 Å². The van der Waals surface area contributed by atoms with Crippen LogP contribution >= 0.6 is 0 Å². The van der Waals surface area contributed by atoms with Gasteiger partial charge in [-0.05, 0) is 17.7 Å². The number of anilines is 1. The summed E-state index contributed by atoms with van der Waals surface area (Å²) in [5, 5.41) is 2.74. The van der Waals surface area contributed by atoms with Gasteiger partial charge in [-0.2, -0.15) is 0 Å². The third-order valence-electron chi connectivity index (χ3n) is 2.50. The molecule has 2 aromatic rings. The Morgan fingerprint density at radius 2 is 2.05 bits per heavy atom. The van der Waals surface area contributed by atoms with Gasteiger partial charge in [0.2, 0.25) is 0 Å². The smallest absolute Gasteiger partial charge is 0.271 e. The predicted octanol–water partition coefficient (Wildman–Crippen LogP) is 0.997. The molecular weight excluding hydrogens is 244 g/mol. The van der Waals surface area contributed by atoms with E-state index < -0.39 is 0 Å². The van der Waals surface area contributed by atoms with E-state index in [0.717, 1.165) is 11.3 Å². The molecule has 0 unspecified atom stereocenters. The first-order chi connectivity index (χ1) is 9.19. The number of nitrogens with one attached hydrogen (secondary N) is 1. The highest BCUT2D eigenvalue weighted by molar-refractivity contribution is 5.92. The first kappa shape index (κ1) is 12.8. The Hall–Kier alpha value is -2.63. The minimum absolute atomic E-state index is 0.202. The highest BCUT2D eigenvalue weighted by atomic mass is 16.5. The second-order valence-electron chi connectivity index (χ2n) is 3.86. The lowest BCUT2D eigenvalue weighted by Crippen LogP contribution is -2.24. The van der Waals surface area contributed by atoms with E-state index in [0.29, 0.717) is 6.54 Å². The molecule has 0 aliphatic rings. The van der Waals surface area contributed by atoms with Gasteiger partial charge in [0.05, 0.1) is 19.5 Å². The molecule has 6 nitrogen and oxygen atoms in total. The van der Waals surface area contributed by atoms with Gasteiger partial charge in [-0.1, -0.05) is 12.1 Å². The van der Waals surface area contributed by atoms with Crippen molar-refractivity contribution in [2.75, 3.05) is 12.8 Å². The highest BCUT2D eigenvalue weighted by Crippen LogP contribution is 2.11. The summed E-state index contributed by atoms with van der Waals surface area (Å²) in [6, 6.07) is 7.43. The van der Waals surface area contributed by atoms with Crippen LogP contribution in [-0.4, -0.2) is 23.0 Å². The van der Waals surface area contributed by atoms with Crippen molar-refractivity contribution in [3.8, 4) is 5.75 Å². The molecule has 98 valence electrons. The molecule has 0 fully saturated rings. The fraction of sp³-hybridized carbons (Fsp3) is 0.154. The van der Waals surface area contributed by atoms with Crippen LogP contribution in [0.1, 0.15) is 16.1 Å². The van der Waals surface area contributed by atoms with Crippen molar-refractivity contribution in [2.24, 2.45) is 0 Å². The number of nitrogens with zero attached hydrogens (tertiary/aromatic N) is 2. The average molecular weight is 258 g/mol. The third kappa shape index (κ3) is 3.41. The number of carbonyl (C=O) groups is 1. The molecule has 1 amide bonds. The van der Waals surface area contributed by atoms with Gasteiger partial charge >= 0.3 is 0 Å². The van der Waals surface area contributed by atoms with E-state index in [1.54, 1.807) is 7.11 Å². The quantitative estimate of drug-likeness (QED) is 0.853. The van der Waals surface area contributed by atoms with E-state index in [1.807, 2.05) is 24.3 Å². The van der Waals surface area contributed by atoms with Gasteiger partial charge in [0, 0.05) is 6.54 Å². The van der Waals surface area contributed by atoms with E-state index in [2.05, 4.69) is 15.3 Å². The molecule has 2 rings (SSSR count). The van der Waals surface area contributed by atoms with E-state index in [4.69, 9.17) is 10.5 Å². The van der Waals surface area contributed by atoms with E-state index in [1.165, 1.54) is 12.4 Å². The highest BCUT2D eigenvalue weighted by Gasteiger charge is 2.07. The van der Waals surface area contributed by atoms with Crippen LogP contribution in [0.15, 0.2) is 36.7 Å². The Bertz CT molecular complexity index is 569. The van der Waals surface area contributed by atoms with Crippen LogP contribution < -0.4 is 15.8 Å². The van der Waals surface area contributed by atoms with Crippen molar-refractivity contribution in [2.45, 2.75) is 6.54 Å². The molecule has 0 atom stereocenters. The van der Waals surface area contributed by atoms with Gasteiger partial charge in [0.15, 0.2) is 0 Å². The number of nitrogens with two attached hydrogens (primary N) is 1. The van der Waals surface area contributed by atoms with Crippen molar-refractivity contribution >= 4 is 11.7 Å². The molecule has 0 radical (unpaired) electrons. The molecule has 0 saturated heterocycles. The molecule has 0 aliphatic carbocycles. The number of methoxy groups -OCH3 is 1. The summed E-state index contributed by atoms with van der Waals surface area (Å²) < 4.78 is 5.06. The van der Waals surface area contributed by atoms with Crippen LogP contribution in [0.25, 0.3) is 0 Å². The van der Waals surface area contributed by atoms with Crippen molar-refractivity contribution in [1.29, 1.82) is 0 Å². The normalized spacial score (nSPS) is 9.95. The number of aromatic nitrogens is 2. The Kier molecular flexibility index (Phi) is 3.92. The number of amides is 1. The SMILES string of the molecule is COc1ccc(CNC(=O)c2cncc(N)n2)cc1. The number of ether oxygens (including phenoxy) is 1. The number of carbonyl (C=O) groups excluding carboxylic acids is 1. The number of hydrogen-bond donors (Lipinski definition) is 2. The zero-order chi connectivity index (χ0) is 13.7. The molecule has 0 aliphatic heterocycles. The van der Waals surface area contributed by atoms with Crippen LogP contribution in [0.4, 0.5) is 5.82 Å². The first-order valence-electron chi connectivity index (χ1n) is 5.67. The number of rotatable bonds is 4. The van der Waals surface area contributed by atoms with Crippen LogP contribution in [0.2, 0.25) is 0 Å². The topological polar surface area (TPSA) is 90.1 Å². The molecule has 3 N–H and O–H groups in total. The fourth-order valence-electron chi connectivity index (χ4n) is 1.51. The van der Waals surface area contributed by atoms with Crippen LogP contribution in [0.3, 0.4) is 0 Å². The maximum atomic E-state index is 11.8. The van der Waals surface area contributed by atoms with Crippen LogP contribution in [-0.2, 0) is 6.54 Å². The van der Waals surface area contributed by atoms with Crippen LogP contribution in [0, 0.1) is 0 Å². The Morgan fingerprint density at radius 3 is 2.68 bits per heavy atom. The minimum Gasteiger partial charge on any atom is -0.497 e. The van der Waals surface area contributed by atoms with E-state index >= 15 is 0 Å². The molecule has 1 aromatic carbocycles. The van der Waals surface area contributed by atoms with Gasteiger partial charge in [0.25, 0.3) is 5.91 Å². The third-order valence-corrected chi connectivity index (χ3v) is 2.50. The zero-order valence-electron chi connectivity index (χ0n) is 10.5. The summed E-state index contributed by atoms with van der Waals surface area (Å²) in [4.78, 5) is 19.5. The molecule has 6 heteroatoms. The largest absolute Gasteiger partial charge is 0.497 e. The Balaban J connectivity index is 1.96. The summed E-state index contributed by atoms with van der Waals surface area (Å²) in [7, 11) is 1.61. The lowest BCUT2D eigenvalue weighted by molar-refractivity contribution is 0.0945. The number of hydrogen-bond acceptors (Lipinski definition) is 5. The van der Waals surface area contributed by atoms with Gasteiger partial charge in [-0.25, -0.2) is 4.98 Å². The maximum Gasteiger partial charge on any atom is 0.271 e. The van der Waals surface area contributed by atoms with Gasteiger partial charge < -0.3 is 15.8 Å². The molecule has 1 heterocycles. The summed E-state index contributed by atoms with van der Waals surface area (Å²) >= 11 is 0. The molecule has 0 bridgehead atoms. The minimum atomic E-state index is -0.310. The monoisotopic (exact) mass is 258 g/mol. The van der Waals surface area contributed by atoms with Crippen molar-refractivity contribution < 1.29 is 9.53 Å². The first-order valence-corrected chi connectivity index (χ1v) is 5.67. The zero-order valence-corrected chi connectivity index (χ0v) is 10.5. The molecule has 0 saturated carbocycles. The standard InChI is InChI=1S/C13H14N4O2/c1-19-10-4-2-9(3-5-10)6-16-13(18)11-7-15-8-12(14)17-11/h2-5,7-8H,6H2,1H3,(H2,14,17)(H,16,18). The fourth-order valence-corrected chi connectivity index (χ4v) is 1.51. The molecule has 19 heavy (non-hydrogen) atoms. The number of nitrogen functional groups attached to an aromatic ring is 1. The molecule has 1 aromatic heterocycles. The second-order valence-corrected chi connectivity index (χ2v) is 3.86. The lowest BCUT2D eigenvalue weighted by atomic mass is 10.2. The van der Waals surface area contributed by atoms with Crippen molar-refractivity contribution in [3.63, 3.8) is 0 Å².